The molecule has 50 heavy (non-hydrogen) atoms. The molecule has 3 aliphatic rings. The summed E-state index contributed by atoms with van der Waals surface area (Å²) < 4.78 is 6.27. The summed E-state index contributed by atoms with van der Waals surface area (Å²) in [6, 6.07) is 27.8. The Hall–Kier alpha value is -4.70. The van der Waals surface area contributed by atoms with Crippen LogP contribution in [0.15, 0.2) is 108 Å². The van der Waals surface area contributed by atoms with Crippen LogP contribution in [0.4, 0.5) is 17.1 Å². The van der Waals surface area contributed by atoms with E-state index in [1.807, 2.05) is 78.9 Å². The van der Waals surface area contributed by atoms with Crippen molar-refractivity contribution in [1.29, 1.82) is 0 Å². The Balaban J connectivity index is 1.16. The van der Waals surface area contributed by atoms with Gasteiger partial charge in [-0.1, -0.05) is 54.8 Å². The second kappa shape index (κ2) is 14.7. The largest absolute Gasteiger partial charge is 0.508 e. The third kappa shape index (κ3) is 6.86. The zero-order valence-electron chi connectivity index (χ0n) is 27.8. The predicted octanol–water partition coefficient (Wildman–Crippen LogP) is 8.31. The molecule has 2 saturated heterocycles. The first-order valence-electron chi connectivity index (χ1n) is 17.3. The Morgan fingerprint density at radius 3 is 2.48 bits per heavy atom. The average molecular weight is 688 g/mol. The van der Waals surface area contributed by atoms with Gasteiger partial charge in [-0.25, -0.2) is 0 Å². The molecule has 0 spiro atoms. The summed E-state index contributed by atoms with van der Waals surface area (Å²) >= 11 is 6.49. The van der Waals surface area contributed by atoms with Gasteiger partial charge in [0.15, 0.2) is 0 Å². The van der Waals surface area contributed by atoms with Crippen molar-refractivity contribution in [1.82, 2.24) is 4.98 Å². The molecule has 3 aromatic carbocycles. The van der Waals surface area contributed by atoms with Crippen LogP contribution in [-0.2, 0) is 14.2 Å². The molecule has 3 N–H and O–H groups in total. The molecule has 4 atom stereocenters. The van der Waals surface area contributed by atoms with Gasteiger partial charge < -0.3 is 20.1 Å². The molecule has 1 aliphatic carbocycles. The molecule has 2 aliphatic heterocycles. The molecule has 3 heterocycles. The van der Waals surface area contributed by atoms with Crippen molar-refractivity contribution in [3.05, 3.63) is 125 Å². The Morgan fingerprint density at radius 1 is 1.00 bits per heavy atom. The van der Waals surface area contributed by atoms with E-state index in [1.165, 1.54) is 11.0 Å². The van der Waals surface area contributed by atoms with Crippen LogP contribution in [-0.4, -0.2) is 40.2 Å². The van der Waals surface area contributed by atoms with Gasteiger partial charge in [-0.15, -0.1) is 0 Å². The number of phenols is 1. The average Bonchev–Trinajstić information content (AvgIpc) is 3.37. The number of fused-ring (bicyclic) bond motifs is 3. The number of carbonyl (C=O) groups excluding carboxylic acids is 2. The van der Waals surface area contributed by atoms with Gasteiger partial charge >= 0.3 is 7.12 Å². The summed E-state index contributed by atoms with van der Waals surface area (Å²) in [5.41, 5.74) is 7.03. The lowest BCUT2D eigenvalue weighted by molar-refractivity contribution is -0.122. The number of hydrogen-bond donors (Lipinski definition) is 3. The van der Waals surface area contributed by atoms with Crippen LogP contribution in [0, 0.1) is 17.8 Å². The van der Waals surface area contributed by atoms with Gasteiger partial charge in [-0.3, -0.25) is 19.5 Å². The zero-order valence-corrected chi connectivity index (χ0v) is 28.6. The van der Waals surface area contributed by atoms with Crippen molar-refractivity contribution < 1.29 is 24.4 Å². The molecular formula is C40H39BClN3O5. The SMILES string of the molecule is CCCC1=C2[C@@H](CC/C(=C/c3ccc(O)cc3Cl)c3ccccn3)OB(O)C[C@@H]2[C@@H]2C(=O)N(c3ccc(Nc4ccccc4)cc3)C(=O)[C@@H]2C1. The minimum Gasteiger partial charge on any atom is -0.508 e. The monoisotopic (exact) mass is 687 g/mol. The molecule has 8 nitrogen and oxygen atoms in total. The number of benzene rings is 3. The number of hydrogen-bond acceptors (Lipinski definition) is 7. The summed E-state index contributed by atoms with van der Waals surface area (Å²) in [6.07, 6.45) is 6.80. The van der Waals surface area contributed by atoms with Gasteiger partial charge in [0.05, 0.1) is 34.3 Å². The quantitative estimate of drug-likeness (QED) is 0.0874. The summed E-state index contributed by atoms with van der Waals surface area (Å²) in [6.45, 7) is 2.12. The van der Waals surface area contributed by atoms with E-state index in [0.717, 1.165) is 52.2 Å². The van der Waals surface area contributed by atoms with Crippen LogP contribution in [0.5, 0.6) is 5.75 Å². The molecule has 254 valence electrons. The molecule has 7 rings (SSSR count). The number of aromatic nitrogens is 1. The number of aromatic hydroxyl groups is 1. The van der Waals surface area contributed by atoms with E-state index < -0.39 is 25.1 Å². The topological polar surface area (TPSA) is 112 Å². The molecule has 2 amide bonds. The number of pyridine rings is 1. The van der Waals surface area contributed by atoms with E-state index in [9.17, 15) is 19.7 Å². The number of amides is 2. The van der Waals surface area contributed by atoms with Gasteiger partial charge in [-0.2, -0.15) is 0 Å². The van der Waals surface area contributed by atoms with Gasteiger partial charge in [0.25, 0.3) is 0 Å². The van der Waals surface area contributed by atoms with Crippen LogP contribution in [0.3, 0.4) is 0 Å². The maximum Gasteiger partial charge on any atom is 0.455 e. The minimum atomic E-state index is -1.07. The van der Waals surface area contributed by atoms with Crippen molar-refractivity contribution in [2.75, 3.05) is 10.2 Å². The number of nitrogens with one attached hydrogen (secondary N) is 1. The number of anilines is 3. The maximum atomic E-state index is 14.3. The van der Waals surface area contributed by atoms with Crippen LogP contribution in [0.25, 0.3) is 11.6 Å². The molecule has 0 saturated carbocycles. The molecule has 0 unspecified atom stereocenters. The molecule has 10 heteroatoms. The summed E-state index contributed by atoms with van der Waals surface area (Å²) in [5.74, 6) is -1.66. The number of phenolic OH excluding ortho intramolecular Hbond substituents is 1. The smallest absolute Gasteiger partial charge is 0.455 e. The van der Waals surface area contributed by atoms with Crippen molar-refractivity contribution in [3.63, 3.8) is 0 Å². The van der Waals surface area contributed by atoms with Gasteiger partial charge in [0.2, 0.25) is 11.8 Å². The fourth-order valence-electron chi connectivity index (χ4n) is 7.87. The first-order valence-corrected chi connectivity index (χ1v) is 17.6. The number of para-hydroxylation sites is 1. The molecule has 2 fully saturated rings. The number of imide groups is 1. The third-order valence-corrected chi connectivity index (χ3v) is 10.4. The molecule has 1 aromatic heterocycles. The van der Waals surface area contributed by atoms with Crippen molar-refractivity contribution >= 4 is 59.2 Å². The summed E-state index contributed by atoms with van der Waals surface area (Å²) in [5, 5.41) is 24.8. The highest BCUT2D eigenvalue weighted by Gasteiger charge is 2.57. The first-order chi connectivity index (χ1) is 24.3. The van der Waals surface area contributed by atoms with Crippen LogP contribution in [0.1, 0.15) is 50.3 Å². The van der Waals surface area contributed by atoms with E-state index in [0.29, 0.717) is 30.0 Å². The minimum absolute atomic E-state index is 0.0868. The van der Waals surface area contributed by atoms with Crippen molar-refractivity contribution in [2.45, 2.75) is 51.5 Å². The lowest BCUT2D eigenvalue weighted by atomic mass is 9.58. The standard InChI is InChI=1S/C40H39BClN3O5/c1-2-8-27-22-32-38(40(48)45(39(32)47)30-16-14-29(15-17-30)44-28-9-4-3-5-10-28)33-24-41(49)50-36(37(27)33)19-13-26(35-11-6-7-20-43-35)21-25-12-18-31(46)23-34(25)42/h3-7,9-12,14-18,20-21,23,32-33,36,38,44,46,49H,2,8,13,19,22,24H2,1H3/b26-21-/t32-,33+,36-,38-/m1/s1. The van der Waals surface area contributed by atoms with Crippen LogP contribution >= 0.6 is 11.6 Å². The number of nitrogens with zero attached hydrogens (tertiary/aromatic N) is 2. The summed E-state index contributed by atoms with van der Waals surface area (Å²) in [7, 11) is -1.07. The Kier molecular flexibility index (Phi) is 9.90. The lowest BCUT2D eigenvalue weighted by Gasteiger charge is -2.43. The normalized spacial score (nSPS) is 22.1. The molecule has 4 aromatic rings. The second-order valence-electron chi connectivity index (χ2n) is 13.2. The van der Waals surface area contributed by atoms with Gasteiger partial charge in [-0.05, 0) is 127 Å². The fraction of sp³-hybridized carbons (Fsp3) is 0.275. The highest BCUT2D eigenvalue weighted by molar-refractivity contribution is 6.43. The van der Waals surface area contributed by atoms with Crippen LogP contribution in [0.2, 0.25) is 11.3 Å². The third-order valence-electron chi connectivity index (χ3n) is 10.0. The van der Waals surface area contributed by atoms with Crippen molar-refractivity contribution in [2.24, 2.45) is 17.8 Å². The molecule has 0 radical (unpaired) electrons. The Morgan fingerprint density at radius 2 is 1.76 bits per heavy atom. The Bertz CT molecular complexity index is 1940. The lowest BCUT2D eigenvalue weighted by Crippen LogP contribution is -2.46. The molecular weight excluding hydrogens is 649 g/mol. The van der Waals surface area contributed by atoms with E-state index in [2.05, 4.69) is 17.2 Å². The number of halogens is 1. The van der Waals surface area contributed by atoms with E-state index in [4.69, 9.17) is 16.3 Å². The predicted molar refractivity (Wildman–Crippen MR) is 198 cm³/mol. The maximum absolute atomic E-state index is 14.3. The number of rotatable bonds is 10. The van der Waals surface area contributed by atoms with Crippen molar-refractivity contribution in [3.8, 4) is 5.75 Å². The van der Waals surface area contributed by atoms with E-state index in [-0.39, 0.29) is 29.8 Å². The van der Waals surface area contributed by atoms with Gasteiger partial charge in [0.1, 0.15) is 5.75 Å². The highest BCUT2D eigenvalue weighted by atomic mass is 35.5. The molecule has 0 bridgehead atoms. The first kappa shape index (κ1) is 33.8. The zero-order chi connectivity index (χ0) is 34.8. The Labute approximate surface area is 297 Å². The van der Waals surface area contributed by atoms with E-state index >= 15 is 0 Å². The highest BCUT2D eigenvalue weighted by Crippen LogP contribution is 2.52. The number of carbonyl (C=O) groups is 2. The van der Waals surface area contributed by atoms with E-state index in [1.54, 1.807) is 18.3 Å². The fourth-order valence-corrected chi connectivity index (χ4v) is 8.10. The number of allylic oxidation sites excluding steroid dienone is 2. The van der Waals surface area contributed by atoms with Crippen LogP contribution < -0.4 is 10.2 Å². The summed E-state index contributed by atoms with van der Waals surface area (Å²) in [4.78, 5) is 34.3. The second-order valence-corrected chi connectivity index (χ2v) is 13.7. The van der Waals surface area contributed by atoms with Gasteiger partial charge in [0, 0.05) is 17.6 Å².